The molecule has 0 radical (unpaired) electrons. The maximum Gasteiger partial charge on any atom is 0.433 e. The average molecular weight is 386 g/mol. The summed E-state index contributed by atoms with van der Waals surface area (Å²) in [6, 6.07) is 5.81. The summed E-state index contributed by atoms with van der Waals surface area (Å²) in [4.78, 5) is 33.0. The third-order valence-electron chi connectivity index (χ3n) is 2.62. The predicted molar refractivity (Wildman–Crippen MR) is 88.6 cm³/mol. The number of nitrogens with zero attached hydrogens (tertiary/aromatic N) is 2. The summed E-state index contributed by atoms with van der Waals surface area (Å²) < 4.78 is 4.79. The van der Waals surface area contributed by atoms with E-state index in [1.165, 1.54) is 24.3 Å². The molecule has 0 aliphatic heterocycles. The lowest BCUT2D eigenvalue weighted by molar-refractivity contribution is -0.402. The number of halogens is 2. The molecule has 0 atom stereocenters. The van der Waals surface area contributed by atoms with Gasteiger partial charge in [-0.3, -0.25) is 20.3 Å². The lowest BCUT2D eigenvalue weighted by Gasteiger charge is -2.07. The third-order valence-corrected chi connectivity index (χ3v) is 3.16. The second kappa shape index (κ2) is 8.13. The van der Waals surface area contributed by atoms with Gasteiger partial charge in [0.15, 0.2) is 5.76 Å². The van der Waals surface area contributed by atoms with Crippen LogP contribution in [0.15, 0.2) is 39.9 Å². The highest BCUT2D eigenvalue weighted by molar-refractivity contribution is 6.36. The summed E-state index contributed by atoms with van der Waals surface area (Å²) in [5.41, 5.74) is 6.28. The normalized spacial score (nSPS) is 10.5. The molecule has 0 saturated heterocycles. The molecule has 10 nitrogen and oxygen atoms in total. The Hall–Kier alpha value is -3.11. The summed E-state index contributed by atoms with van der Waals surface area (Å²) >= 11 is 11.6. The molecular weight excluding hydrogens is 377 g/mol. The Bertz CT molecular complexity index is 851. The van der Waals surface area contributed by atoms with Crippen molar-refractivity contribution in [3.8, 4) is 0 Å². The number of nitrogens with one attached hydrogen (secondary N) is 3. The first-order valence-electron chi connectivity index (χ1n) is 6.45. The summed E-state index contributed by atoms with van der Waals surface area (Å²) in [6.07, 6.45) is 1.05. The number of rotatable bonds is 4. The molecule has 2 aromatic rings. The molecule has 25 heavy (non-hydrogen) atoms. The molecule has 12 heteroatoms. The Kier molecular flexibility index (Phi) is 5.93. The molecule has 3 amide bonds. The molecule has 0 aliphatic rings. The van der Waals surface area contributed by atoms with E-state index in [1.54, 1.807) is 0 Å². The Morgan fingerprint density at radius 3 is 2.60 bits per heavy atom. The van der Waals surface area contributed by atoms with E-state index in [4.69, 9.17) is 27.6 Å². The zero-order chi connectivity index (χ0) is 18.4. The van der Waals surface area contributed by atoms with Crippen molar-refractivity contribution in [2.75, 3.05) is 0 Å². The predicted octanol–water partition coefficient (Wildman–Crippen LogP) is 2.47. The van der Waals surface area contributed by atoms with Gasteiger partial charge in [0.05, 0.1) is 22.9 Å². The number of hydrazine groups is 1. The van der Waals surface area contributed by atoms with Crippen LogP contribution in [0.4, 0.5) is 10.7 Å². The van der Waals surface area contributed by atoms with E-state index < -0.39 is 22.7 Å². The zero-order valence-electron chi connectivity index (χ0n) is 12.2. The van der Waals surface area contributed by atoms with Gasteiger partial charge >= 0.3 is 11.9 Å². The number of hydrogen-bond donors (Lipinski definition) is 3. The van der Waals surface area contributed by atoms with Crippen molar-refractivity contribution in [2.24, 2.45) is 5.10 Å². The minimum Gasteiger partial charge on any atom is -0.400 e. The average Bonchev–Trinajstić information content (AvgIpc) is 3.02. The van der Waals surface area contributed by atoms with Gasteiger partial charge in [-0.15, -0.1) is 0 Å². The van der Waals surface area contributed by atoms with E-state index in [2.05, 4.69) is 10.5 Å². The smallest absolute Gasteiger partial charge is 0.400 e. The van der Waals surface area contributed by atoms with Crippen molar-refractivity contribution in [3.05, 3.63) is 61.8 Å². The van der Waals surface area contributed by atoms with Crippen LogP contribution in [0.2, 0.25) is 10.0 Å². The van der Waals surface area contributed by atoms with E-state index in [9.17, 15) is 19.7 Å². The number of carbonyl (C=O) groups excluding carboxylic acids is 2. The summed E-state index contributed by atoms with van der Waals surface area (Å²) in [5, 5.41) is 14.4. The highest BCUT2D eigenvalue weighted by Crippen LogP contribution is 2.20. The standard InChI is InChI=1S/C13H9Cl2N5O5/c14-7-1-3-9(10(15)5-7)12(21)17-19-13(22)18-16-6-8-2-4-11(25-8)20(23)24/h1-6H,(H,17,21)(H2,18,19,22)/b16-6+. The van der Waals surface area contributed by atoms with Gasteiger partial charge in [-0.25, -0.2) is 15.6 Å². The first kappa shape index (κ1) is 18.2. The van der Waals surface area contributed by atoms with Crippen LogP contribution in [0.25, 0.3) is 0 Å². The lowest BCUT2D eigenvalue weighted by Crippen LogP contribution is -2.45. The highest BCUT2D eigenvalue weighted by atomic mass is 35.5. The zero-order valence-corrected chi connectivity index (χ0v) is 13.7. The fourth-order valence-corrected chi connectivity index (χ4v) is 2.04. The van der Waals surface area contributed by atoms with Crippen LogP contribution < -0.4 is 16.3 Å². The van der Waals surface area contributed by atoms with Crippen LogP contribution >= 0.6 is 23.2 Å². The summed E-state index contributed by atoms with van der Waals surface area (Å²) in [6.45, 7) is 0. The lowest BCUT2D eigenvalue weighted by atomic mass is 10.2. The van der Waals surface area contributed by atoms with Crippen LogP contribution in [0, 0.1) is 10.1 Å². The molecule has 0 aliphatic carbocycles. The van der Waals surface area contributed by atoms with Gasteiger partial charge in [0, 0.05) is 5.02 Å². The maximum absolute atomic E-state index is 11.8. The van der Waals surface area contributed by atoms with Crippen LogP contribution in [0.1, 0.15) is 16.1 Å². The van der Waals surface area contributed by atoms with Gasteiger partial charge in [0.2, 0.25) is 0 Å². The van der Waals surface area contributed by atoms with Gasteiger partial charge in [0.1, 0.15) is 4.92 Å². The second-order valence-corrected chi connectivity index (χ2v) is 5.18. The van der Waals surface area contributed by atoms with E-state index in [1.807, 2.05) is 10.9 Å². The van der Waals surface area contributed by atoms with Crippen molar-refractivity contribution < 1.29 is 18.9 Å². The van der Waals surface area contributed by atoms with E-state index >= 15 is 0 Å². The maximum atomic E-state index is 11.8. The number of hydrazone groups is 1. The minimum absolute atomic E-state index is 0.0592. The number of furan rings is 1. The van der Waals surface area contributed by atoms with Gasteiger partial charge in [-0.2, -0.15) is 5.10 Å². The quantitative estimate of drug-likeness (QED) is 0.421. The first-order chi connectivity index (χ1) is 11.9. The topological polar surface area (TPSA) is 139 Å². The fourth-order valence-electron chi connectivity index (χ4n) is 1.55. The Morgan fingerprint density at radius 2 is 1.96 bits per heavy atom. The number of nitro groups is 1. The molecule has 0 bridgehead atoms. The molecule has 130 valence electrons. The number of amides is 3. The van der Waals surface area contributed by atoms with Crippen molar-refractivity contribution in [3.63, 3.8) is 0 Å². The molecule has 1 heterocycles. The third kappa shape index (κ3) is 5.19. The number of benzene rings is 1. The van der Waals surface area contributed by atoms with E-state index in [0.29, 0.717) is 5.02 Å². The molecule has 1 aromatic heterocycles. The number of hydrogen-bond acceptors (Lipinski definition) is 6. The SMILES string of the molecule is O=C(N/N=C/c1ccc([N+](=O)[O-])o1)NNC(=O)c1ccc(Cl)cc1Cl. The van der Waals surface area contributed by atoms with Crippen molar-refractivity contribution >= 4 is 47.2 Å². The summed E-state index contributed by atoms with van der Waals surface area (Å²) in [7, 11) is 0. The van der Waals surface area contributed by atoms with E-state index in [0.717, 1.165) is 12.3 Å². The number of urea groups is 1. The first-order valence-corrected chi connectivity index (χ1v) is 7.21. The Morgan fingerprint density at radius 1 is 1.20 bits per heavy atom. The Labute approximate surface area is 149 Å². The summed E-state index contributed by atoms with van der Waals surface area (Å²) in [5.74, 6) is -1.07. The van der Waals surface area contributed by atoms with Crippen LogP contribution in [0.5, 0.6) is 0 Å². The molecule has 0 unspecified atom stereocenters. The van der Waals surface area contributed by atoms with Crippen molar-refractivity contribution in [1.29, 1.82) is 0 Å². The highest BCUT2D eigenvalue weighted by Gasteiger charge is 2.12. The molecule has 3 N–H and O–H groups in total. The van der Waals surface area contributed by atoms with E-state index in [-0.39, 0.29) is 16.3 Å². The largest absolute Gasteiger partial charge is 0.433 e. The molecule has 1 aromatic carbocycles. The molecule has 0 spiro atoms. The molecule has 0 saturated carbocycles. The van der Waals surface area contributed by atoms with Crippen LogP contribution in [-0.2, 0) is 0 Å². The van der Waals surface area contributed by atoms with Crippen LogP contribution in [0.3, 0.4) is 0 Å². The molecule has 0 fully saturated rings. The van der Waals surface area contributed by atoms with Gasteiger partial charge < -0.3 is 4.42 Å². The van der Waals surface area contributed by atoms with Crippen LogP contribution in [-0.4, -0.2) is 23.1 Å². The Balaban J connectivity index is 1.82. The van der Waals surface area contributed by atoms with Gasteiger partial charge in [0.25, 0.3) is 5.91 Å². The molecule has 2 rings (SSSR count). The monoisotopic (exact) mass is 385 g/mol. The number of carbonyl (C=O) groups is 2. The van der Waals surface area contributed by atoms with Crippen molar-refractivity contribution in [1.82, 2.24) is 16.3 Å². The fraction of sp³-hybridized carbons (Fsp3) is 0. The van der Waals surface area contributed by atoms with Gasteiger partial charge in [-0.1, -0.05) is 23.2 Å². The minimum atomic E-state index is -0.865. The second-order valence-electron chi connectivity index (χ2n) is 4.34. The van der Waals surface area contributed by atoms with Crippen molar-refractivity contribution in [2.45, 2.75) is 0 Å². The molecular formula is C13H9Cl2N5O5. The van der Waals surface area contributed by atoms with Gasteiger partial charge in [-0.05, 0) is 24.3 Å².